The Kier molecular flexibility index (Phi) is 3.23. The van der Waals surface area contributed by atoms with Gasteiger partial charge in [-0.05, 0) is 18.6 Å². The SMILES string of the molecule is CCCOc1nc2ccccc2cc1C(=N)N. The van der Waals surface area contributed by atoms with Crippen molar-refractivity contribution in [1.82, 2.24) is 4.98 Å². The second kappa shape index (κ2) is 4.82. The lowest BCUT2D eigenvalue weighted by atomic mass is 10.1. The van der Waals surface area contributed by atoms with E-state index < -0.39 is 0 Å². The quantitative estimate of drug-likeness (QED) is 0.624. The van der Waals surface area contributed by atoms with Gasteiger partial charge in [0, 0.05) is 5.39 Å². The molecule has 0 unspecified atom stereocenters. The first-order valence-corrected chi connectivity index (χ1v) is 5.59. The number of fused-ring (bicyclic) bond motifs is 1. The Bertz CT molecular complexity index is 551. The molecule has 2 rings (SSSR count). The van der Waals surface area contributed by atoms with Gasteiger partial charge in [-0.3, -0.25) is 5.41 Å². The van der Waals surface area contributed by atoms with Crippen LogP contribution < -0.4 is 10.5 Å². The van der Waals surface area contributed by atoms with E-state index in [4.69, 9.17) is 15.9 Å². The molecule has 0 saturated heterocycles. The van der Waals surface area contributed by atoms with E-state index in [1.807, 2.05) is 37.3 Å². The third-order valence-electron chi connectivity index (χ3n) is 2.42. The first-order valence-electron chi connectivity index (χ1n) is 5.59. The van der Waals surface area contributed by atoms with Crippen LogP contribution in [0.4, 0.5) is 0 Å². The highest BCUT2D eigenvalue weighted by Crippen LogP contribution is 2.21. The Morgan fingerprint density at radius 2 is 2.18 bits per heavy atom. The van der Waals surface area contributed by atoms with Crippen molar-refractivity contribution in [2.24, 2.45) is 5.73 Å². The average Bonchev–Trinajstić information content (AvgIpc) is 2.35. The minimum atomic E-state index is -0.0191. The summed E-state index contributed by atoms with van der Waals surface area (Å²) in [6, 6.07) is 9.55. The van der Waals surface area contributed by atoms with Gasteiger partial charge in [0.05, 0.1) is 17.7 Å². The fourth-order valence-electron chi connectivity index (χ4n) is 1.60. The number of nitrogen functional groups attached to an aromatic ring is 1. The highest BCUT2D eigenvalue weighted by molar-refractivity contribution is 6.00. The van der Waals surface area contributed by atoms with Crippen molar-refractivity contribution < 1.29 is 4.74 Å². The number of rotatable bonds is 4. The molecule has 3 N–H and O–H groups in total. The van der Waals surface area contributed by atoms with Crippen molar-refractivity contribution in [3.05, 3.63) is 35.9 Å². The maximum atomic E-state index is 7.54. The Morgan fingerprint density at radius 3 is 2.88 bits per heavy atom. The van der Waals surface area contributed by atoms with Crippen molar-refractivity contribution in [3.63, 3.8) is 0 Å². The van der Waals surface area contributed by atoms with Gasteiger partial charge in [0.15, 0.2) is 0 Å². The highest BCUT2D eigenvalue weighted by Gasteiger charge is 2.10. The van der Waals surface area contributed by atoms with Crippen LogP contribution in [0.2, 0.25) is 0 Å². The van der Waals surface area contributed by atoms with Crippen LogP contribution in [0.15, 0.2) is 30.3 Å². The van der Waals surface area contributed by atoms with E-state index in [0.29, 0.717) is 18.1 Å². The minimum Gasteiger partial charge on any atom is -0.477 e. The molecule has 0 fully saturated rings. The van der Waals surface area contributed by atoms with E-state index in [2.05, 4.69) is 4.98 Å². The molecule has 0 spiro atoms. The molecule has 0 aliphatic rings. The average molecular weight is 229 g/mol. The summed E-state index contributed by atoms with van der Waals surface area (Å²) < 4.78 is 5.52. The van der Waals surface area contributed by atoms with Gasteiger partial charge >= 0.3 is 0 Å². The summed E-state index contributed by atoms with van der Waals surface area (Å²) in [4.78, 5) is 4.39. The molecular formula is C13H15N3O. The number of nitrogens with one attached hydrogen (secondary N) is 1. The summed E-state index contributed by atoms with van der Waals surface area (Å²) in [5, 5.41) is 8.50. The van der Waals surface area contributed by atoms with E-state index in [0.717, 1.165) is 17.3 Å². The van der Waals surface area contributed by atoms with Crippen molar-refractivity contribution in [2.45, 2.75) is 13.3 Å². The van der Waals surface area contributed by atoms with Crippen molar-refractivity contribution >= 4 is 16.7 Å². The van der Waals surface area contributed by atoms with Crippen LogP contribution in [0.3, 0.4) is 0 Å². The number of benzene rings is 1. The van der Waals surface area contributed by atoms with Gasteiger partial charge in [-0.1, -0.05) is 25.1 Å². The standard InChI is InChI=1S/C13H15N3O/c1-2-7-17-13-10(12(14)15)8-9-5-3-4-6-11(9)16-13/h3-6,8H,2,7H2,1H3,(H3,14,15). The molecule has 1 aromatic carbocycles. The topological polar surface area (TPSA) is 72.0 Å². The zero-order valence-corrected chi connectivity index (χ0v) is 9.73. The van der Waals surface area contributed by atoms with E-state index in [9.17, 15) is 0 Å². The van der Waals surface area contributed by atoms with Gasteiger partial charge in [0.1, 0.15) is 5.84 Å². The molecule has 1 heterocycles. The number of aromatic nitrogens is 1. The molecule has 0 radical (unpaired) electrons. The summed E-state index contributed by atoms with van der Waals surface area (Å²) in [6.45, 7) is 2.60. The number of hydrogen-bond acceptors (Lipinski definition) is 3. The summed E-state index contributed by atoms with van der Waals surface area (Å²) in [7, 11) is 0. The predicted octanol–water partition coefficient (Wildman–Crippen LogP) is 2.31. The Labute approximate surface area is 99.9 Å². The smallest absolute Gasteiger partial charge is 0.225 e. The van der Waals surface area contributed by atoms with Crippen LogP contribution in [0.5, 0.6) is 5.88 Å². The summed E-state index contributed by atoms with van der Waals surface area (Å²) >= 11 is 0. The Morgan fingerprint density at radius 1 is 1.41 bits per heavy atom. The molecule has 4 nitrogen and oxygen atoms in total. The first kappa shape index (κ1) is 11.4. The van der Waals surface area contributed by atoms with Crippen LogP contribution in [-0.2, 0) is 0 Å². The normalized spacial score (nSPS) is 10.4. The third kappa shape index (κ3) is 2.36. The molecule has 0 atom stereocenters. The predicted molar refractivity (Wildman–Crippen MR) is 68.5 cm³/mol. The maximum absolute atomic E-state index is 7.54. The lowest BCUT2D eigenvalue weighted by molar-refractivity contribution is 0.306. The second-order valence-corrected chi connectivity index (χ2v) is 3.80. The number of pyridine rings is 1. The fourth-order valence-corrected chi connectivity index (χ4v) is 1.60. The maximum Gasteiger partial charge on any atom is 0.225 e. The van der Waals surface area contributed by atoms with Crippen molar-refractivity contribution in [2.75, 3.05) is 6.61 Å². The van der Waals surface area contributed by atoms with Gasteiger partial charge in [-0.25, -0.2) is 4.98 Å². The first-order chi connectivity index (χ1) is 8.22. The molecule has 4 heteroatoms. The van der Waals surface area contributed by atoms with Crippen LogP contribution in [-0.4, -0.2) is 17.4 Å². The zero-order valence-electron chi connectivity index (χ0n) is 9.73. The molecule has 0 amide bonds. The van der Waals surface area contributed by atoms with Gasteiger partial charge in [-0.2, -0.15) is 0 Å². The monoisotopic (exact) mass is 229 g/mol. The van der Waals surface area contributed by atoms with Gasteiger partial charge < -0.3 is 10.5 Å². The molecule has 0 aliphatic heterocycles. The van der Waals surface area contributed by atoms with E-state index >= 15 is 0 Å². The Hall–Kier alpha value is -2.10. The van der Waals surface area contributed by atoms with Crippen molar-refractivity contribution in [3.8, 4) is 5.88 Å². The lowest BCUT2D eigenvalue weighted by Gasteiger charge is -2.10. The number of ether oxygens (including phenoxy) is 1. The highest BCUT2D eigenvalue weighted by atomic mass is 16.5. The molecule has 1 aromatic heterocycles. The number of hydrogen-bond donors (Lipinski definition) is 2. The fraction of sp³-hybridized carbons (Fsp3) is 0.231. The summed E-state index contributed by atoms with van der Waals surface area (Å²) in [5.74, 6) is 0.424. The summed E-state index contributed by atoms with van der Waals surface area (Å²) in [6.07, 6.45) is 0.895. The molecule has 88 valence electrons. The van der Waals surface area contributed by atoms with Crippen molar-refractivity contribution in [1.29, 1.82) is 5.41 Å². The number of nitrogens with two attached hydrogens (primary N) is 1. The molecule has 0 bridgehead atoms. The minimum absolute atomic E-state index is 0.0191. The molecule has 17 heavy (non-hydrogen) atoms. The lowest BCUT2D eigenvalue weighted by Crippen LogP contribution is -2.14. The second-order valence-electron chi connectivity index (χ2n) is 3.80. The van der Waals surface area contributed by atoms with Crippen LogP contribution in [0, 0.1) is 5.41 Å². The van der Waals surface area contributed by atoms with Crippen LogP contribution in [0.25, 0.3) is 10.9 Å². The van der Waals surface area contributed by atoms with Gasteiger partial charge in [0.2, 0.25) is 5.88 Å². The largest absolute Gasteiger partial charge is 0.477 e. The molecule has 0 aliphatic carbocycles. The number of nitrogens with zero attached hydrogens (tertiary/aromatic N) is 1. The zero-order chi connectivity index (χ0) is 12.3. The number of amidine groups is 1. The van der Waals surface area contributed by atoms with E-state index in [-0.39, 0.29) is 5.84 Å². The number of para-hydroxylation sites is 1. The van der Waals surface area contributed by atoms with E-state index in [1.165, 1.54) is 0 Å². The Balaban J connectivity index is 2.54. The van der Waals surface area contributed by atoms with Crippen LogP contribution in [0.1, 0.15) is 18.9 Å². The molecule has 0 saturated carbocycles. The van der Waals surface area contributed by atoms with E-state index in [1.54, 1.807) is 0 Å². The van der Waals surface area contributed by atoms with Crippen LogP contribution >= 0.6 is 0 Å². The molecule has 2 aromatic rings. The third-order valence-corrected chi connectivity index (χ3v) is 2.42. The summed E-state index contributed by atoms with van der Waals surface area (Å²) in [5.41, 5.74) is 6.94. The molecular weight excluding hydrogens is 214 g/mol. The van der Waals surface area contributed by atoms with Gasteiger partial charge in [0.25, 0.3) is 0 Å². The van der Waals surface area contributed by atoms with Gasteiger partial charge in [-0.15, -0.1) is 0 Å².